The number of carbonyl (C=O) groups is 1. The number of hydrogen-bond donors (Lipinski definition) is 2. The van der Waals surface area contributed by atoms with Crippen LogP contribution in [0, 0.1) is 5.92 Å². The van der Waals surface area contributed by atoms with E-state index in [-0.39, 0.29) is 11.8 Å². The van der Waals surface area contributed by atoms with Gasteiger partial charge in [0.25, 0.3) is 0 Å². The van der Waals surface area contributed by atoms with Gasteiger partial charge in [0.1, 0.15) is 0 Å². The molecule has 1 amide bonds. The van der Waals surface area contributed by atoms with Gasteiger partial charge in [-0.15, -0.1) is 0 Å². The van der Waals surface area contributed by atoms with Crippen LogP contribution in [0.1, 0.15) is 31.4 Å². The number of amides is 1. The van der Waals surface area contributed by atoms with Gasteiger partial charge < -0.3 is 10.6 Å². The Morgan fingerprint density at radius 1 is 1.39 bits per heavy atom. The van der Waals surface area contributed by atoms with Crippen LogP contribution >= 0.6 is 0 Å². The van der Waals surface area contributed by atoms with Crippen LogP contribution in [0.15, 0.2) is 18.2 Å². The van der Waals surface area contributed by atoms with E-state index in [1.54, 1.807) is 0 Å². The molecular formula is C15H22N2O. The first-order valence-electron chi connectivity index (χ1n) is 6.88. The summed E-state index contributed by atoms with van der Waals surface area (Å²) in [6.45, 7) is 6.01. The molecule has 0 radical (unpaired) electrons. The molecule has 1 aromatic rings. The van der Waals surface area contributed by atoms with Crippen LogP contribution in [-0.4, -0.2) is 19.0 Å². The molecule has 0 saturated carbocycles. The molecule has 1 fully saturated rings. The van der Waals surface area contributed by atoms with Crippen molar-refractivity contribution in [3.8, 4) is 0 Å². The van der Waals surface area contributed by atoms with Gasteiger partial charge in [-0.25, -0.2) is 0 Å². The fourth-order valence-corrected chi connectivity index (χ4v) is 2.38. The molecule has 2 rings (SSSR count). The molecule has 18 heavy (non-hydrogen) atoms. The maximum absolute atomic E-state index is 12.1. The number of benzene rings is 1. The Kier molecular flexibility index (Phi) is 4.37. The summed E-state index contributed by atoms with van der Waals surface area (Å²) in [6.07, 6.45) is 2.89. The molecular weight excluding hydrogens is 224 g/mol. The Bertz CT molecular complexity index is 423. The fourth-order valence-electron chi connectivity index (χ4n) is 2.38. The number of aryl methyl sites for hydroxylation is 2. The molecule has 1 atom stereocenters. The van der Waals surface area contributed by atoms with Crippen molar-refractivity contribution in [3.05, 3.63) is 29.3 Å². The topological polar surface area (TPSA) is 41.1 Å². The minimum Gasteiger partial charge on any atom is -0.326 e. The number of rotatable bonds is 4. The number of hydrogen-bond acceptors (Lipinski definition) is 2. The van der Waals surface area contributed by atoms with Crippen LogP contribution in [0.3, 0.4) is 0 Å². The van der Waals surface area contributed by atoms with Crippen molar-refractivity contribution in [2.75, 3.05) is 18.4 Å². The van der Waals surface area contributed by atoms with E-state index in [0.29, 0.717) is 0 Å². The summed E-state index contributed by atoms with van der Waals surface area (Å²) >= 11 is 0. The Balaban J connectivity index is 2.13. The average molecular weight is 246 g/mol. The van der Waals surface area contributed by atoms with Crippen molar-refractivity contribution in [2.24, 2.45) is 5.92 Å². The summed E-state index contributed by atoms with van der Waals surface area (Å²) < 4.78 is 0. The van der Waals surface area contributed by atoms with E-state index in [1.807, 2.05) is 0 Å². The molecule has 0 unspecified atom stereocenters. The van der Waals surface area contributed by atoms with Crippen LogP contribution < -0.4 is 10.6 Å². The van der Waals surface area contributed by atoms with Crippen molar-refractivity contribution in [1.29, 1.82) is 0 Å². The Labute approximate surface area is 109 Å². The van der Waals surface area contributed by atoms with E-state index in [9.17, 15) is 4.79 Å². The minimum atomic E-state index is 0.125. The lowest BCUT2D eigenvalue weighted by Crippen LogP contribution is -2.25. The largest absolute Gasteiger partial charge is 0.326 e. The monoisotopic (exact) mass is 246 g/mol. The summed E-state index contributed by atoms with van der Waals surface area (Å²) in [5.41, 5.74) is 3.48. The second kappa shape index (κ2) is 6.01. The van der Waals surface area contributed by atoms with E-state index in [2.05, 4.69) is 42.7 Å². The van der Waals surface area contributed by atoms with Crippen molar-refractivity contribution in [2.45, 2.75) is 33.1 Å². The lowest BCUT2D eigenvalue weighted by molar-refractivity contribution is -0.119. The molecule has 2 N–H and O–H groups in total. The van der Waals surface area contributed by atoms with E-state index >= 15 is 0 Å². The fraction of sp³-hybridized carbons (Fsp3) is 0.533. The highest BCUT2D eigenvalue weighted by atomic mass is 16.1. The van der Waals surface area contributed by atoms with Gasteiger partial charge in [-0.2, -0.15) is 0 Å². The third-order valence-electron chi connectivity index (χ3n) is 3.65. The Hall–Kier alpha value is -1.35. The molecule has 0 aliphatic carbocycles. The molecule has 1 aromatic carbocycles. The SMILES string of the molecule is CCc1ccc(CC)c(NC(=O)[C@H]2CCNC2)c1. The summed E-state index contributed by atoms with van der Waals surface area (Å²) in [7, 11) is 0. The van der Waals surface area contributed by atoms with Crippen LogP contribution in [0.25, 0.3) is 0 Å². The van der Waals surface area contributed by atoms with Crippen LogP contribution in [-0.2, 0) is 17.6 Å². The predicted octanol–water partition coefficient (Wildman–Crippen LogP) is 2.36. The second-order valence-corrected chi connectivity index (χ2v) is 4.88. The second-order valence-electron chi connectivity index (χ2n) is 4.88. The molecule has 3 heteroatoms. The number of anilines is 1. The molecule has 1 aliphatic rings. The minimum absolute atomic E-state index is 0.125. The molecule has 98 valence electrons. The summed E-state index contributed by atoms with van der Waals surface area (Å²) in [4.78, 5) is 12.1. The first-order chi connectivity index (χ1) is 8.74. The lowest BCUT2D eigenvalue weighted by atomic mass is 10.0. The van der Waals surface area contributed by atoms with Crippen molar-refractivity contribution >= 4 is 11.6 Å². The zero-order chi connectivity index (χ0) is 13.0. The molecule has 1 aliphatic heterocycles. The van der Waals surface area contributed by atoms with Crippen molar-refractivity contribution < 1.29 is 4.79 Å². The first kappa shape index (κ1) is 13.1. The summed E-state index contributed by atoms with van der Waals surface area (Å²) in [5, 5.41) is 6.33. The lowest BCUT2D eigenvalue weighted by Gasteiger charge is -2.14. The normalized spacial score (nSPS) is 18.9. The van der Waals surface area contributed by atoms with Gasteiger partial charge in [0, 0.05) is 12.2 Å². The molecule has 0 spiro atoms. The Morgan fingerprint density at radius 2 is 2.22 bits per heavy atom. The van der Waals surface area contributed by atoms with Gasteiger partial charge >= 0.3 is 0 Å². The molecule has 0 bridgehead atoms. The van der Waals surface area contributed by atoms with Gasteiger partial charge in [0.15, 0.2) is 0 Å². The highest BCUT2D eigenvalue weighted by Gasteiger charge is 2.22. The highest BCUT2D eigenvalue weighted by molar-refractivity contribution is 5.93. The number of nitrogens with one attached hydrogen (secondary N) is 2. The predicted molar refractivity (Wildman–Crippen MR) is 74.8 cm³/mol. The molecule has 1 saturated heterocycles. The van der Waals surface area contributed by atoms with E-state index in [1.165, 1.54) is 11.1 Å². The van der Waals surface area contributed by atoms with Gasteiger partial charge in [0.05, 0.1) is 5.92 Å². The zero-order valence-electron chi connectivity index (χ0n) is 11.3. The van der Waals surface area contributed by atoms with Crippen LogP contribution in [0.2, 0.25) is 0 Å². The van der Waals surface area contributed by atoms with E-state index in [0.717, 1.165) is 38.0 Å². The zero-order valence-corrected chi connectivity index (χ0v) is 11.3. The van der Waals surface area contributed by atoms with Gasteiger partial charge in [-0.1, -0.05) is 26.0 Å². The third kappa shape index (κ3) is 2.91. The first-order valence-corrected chi connectivity index (χ1v) is 6.88. The molecule has 0 aromatic heterocycles. The maximum Gasteiger partial charge on any atom is 0.228 e. The van der Waals surface area contributed by atoms with Crippen LogP contribution in [0.5, 0.6) is 0 Å². The van der Waals surface area contributed by atoms with Crippen molar-refractivity contribution in [1.82, 2.24) is 5.32 Å². The van der Waals surface area contributed by atoms with Gasteiger partial charge in [-0.3, -0.25) is 4.79 Å². The quantitative estimate of drug-likeness (QED) is 0.856. The van der Waals surface area contributed by atoms with E-state index < -0.39 is 0 Å². The standard InChI is InChI=1S/C15H22N2O/c1-3-11-5-6-12(4-2)14(9-11)17-15(18)13-7-8-16-10-13/h5-6,9,13,16H,3-4,7-8,10H2,1-2H3,(H,17,18)/t13-/m0/s1. The average Bonchev–Trinajstić information content (AvgIpc) is 2.92. The molecule has 1 heterocycles. The van der Waals surface area contributed by atoms with Gasteiger partial charge in [-0.05, 0) is 43.0 Å². The Morgan fingerprint density at radius 3 is 2.83 bits per heavy atom. The van der Waals surface area contributed by atoms with E-state index in [4.69, 9.17) is 0 Å². The molecule has 3 nitrogen and oxygen atoms in total. The number of carbonyl (C=O) groups excluding carboxylic acids is 1. The smallest absolute Gasteiger partial charge is 0.228 e. The highest BCUT2D eigenvalue weighted by Crippen LogP contribution is 2.20. The summed E-state index contributed by atoms with van der Waals surface area (Å²) in [6, 6.07) is 6.38. The van der Waals surface area contributed by atoms with Gasteiger partial charge in [0.2, 0.25) is 5.91 Å². The maximum atomic E-state index is 12.1. The van der Waals surface area contributed by atoms with Crippen LogP contribution in [0.4, 0.5) is 5.69 Å². The van der Waals surface area contributed by atoms with Crippen molar-refractivity contribution in [3.63, 3.8) is 0 Å². The third-order valence-corrected chi connectivity index (χ3v) is 3.65. The summed E-state index contributed by atoms with van der Waals surface area (Å²) in [5.74, 6) is 0.281.